The zero-order valence-corrected chi connectivity index (χ0v) is 16.1. The number of piperidine rings is 1. The molecule has 5 nitrogen and oxygen atoms in total. The third kappa shape index (κ3) is 5.91. The quantitative estimate of drug-likeness (QED) is 0.768. The molecule has 1 saturated heterocycles. The molecular weight excluding hydrogens is 345 g/mol. The van der Waals surface area contributed by atoms with Crippen LogP contribution in [0.25, 0.3) is 0 Å². The van der Waals surface area contributed by atoms with Crippen LogP contribution >= 0.6 is 0 Å². The topological polar surface area (TPSA) is 55.8 Å². The molecule has 150 valence electrons. The first-order chi connectivity index (χ1) is 13.2. The van der Waals surface area contributed by atoms with Crippen molar-refractivity contribution in [3.05, 3.63) is 35.6 Å². The van der Waals surface area contributed by atoms with Crippen LogP contribution in [0.1, 0.15) is 44.1 Å². The van der Waals surface area contributed by atoms with Crippen LogP contribution in [0.4, 0.5) is 9.18 Å². The number of aliphatic hydroxyl groups is 1. The summed E-state index contributed by atoms with van der Waals surface area (Å²) in [5.41, 5.74) is 0.852. The van der Waals surface area contributed by atoms with E-state index in [9.17, 15) is 14.3 Å². The average Bonchev–Trinajstić information content (AvgIpc) is 3.22. The second-order valence-electron chi connectivity index (χ2n) is 7.90. The summed E-state index contributed by atoms with van der Waals surface area (Å²) in [6.45, 7) is 3.48. The van der Waals surface area contributed by atoms with E-state index in [-0.39, 0.29) is 25.0 Å². The molecular formula is C21H32FN3O2. The van der Waals surface area contributed by atoms with E-state index in [1.807, 2.05) is 0 Å². The van der Waals surface area contributed by atoms with E-state index in [4.69, 9.17) is 0 Å². The standard InChI is InChI=1S/C21H32FN3O2/c22-19-9-7-17(8-10-19)15-25(12-13-26)21(27)23-14-18-4-3-11-24(16-18)20-5-1-2-6-20/h7-10,18,20,26H,1-6,11-16H2,(H,23,27)/t18-/m0/s1. The van der Waals surface area contributed by atoms with Crippen molar-refractivity contribution in [1.29, 1.82) is 0 Å². The molecule has 2 fully saturated rings. The van der Waals surface area contributed by atoms with Gasteiger partial charge in [-0.3, -0.25) is 0 Å². The summed E-state index contributed by atoms with van der Waals surface area (Å²) in [5, 5.41) is 12.3. The van der Waals surface area contributed by atoms with Gasteiger partial charge in [-0.1, -0.05) is 25.0 Å². The van der Waals surface area contributed by atoms with Crippen molar-refractivity contribution in [3.8, 4) is 0 Å². The summed E-state index contributed by atoms with van der Waals surface area (Å²) in [7, 11) is 0. The molecule has 27 heavy (non-hydrogen) atoms. The minimum absolute atomic E-state index is 0.0898. The van der Waals surface area contributed by atoms with Gasteiger partial charge in [0, 0.05) is 32.2 Å². The summed E-state index contributed by atoms with van der Waals surface area (Å²) in [6.07, 6.45) is 7.70. The maximum absolute atomic E-state index is 13.1. The summed E-state index contributed by atoms with van der Waals surface area (Å²) in [6, 6.07) is 6.72. The summed E-state index contributed by atoms with van der Waals surface area (Å²) in [4.78, 5) is 16.8. The predicted molar refractivity (Wildman–Crippen MR) is 104 cm³/mol. The highest BCUT2D eigenvalue weighted by Crippen LogP contribution is 2.27. The maximum atomic E-state index is 13.1. The van der Waals surface area contributed by atoms with Crippen molar-refractivity contribution in [2.75, 3.05) is 32.8 Å². The van der Waals surface area contributed by atoms with Crippen LogP contribution in [0, 0.1) is 11.7 Å². The van der Waals surface area contributed by atoms with Gasteiger partial charge in [0.05, 0.1) is 6.61 Å². The Morgan fingerprint density at radius 3 is 2.63 bits per heavy atom. The Kier molecular flexibility index (Phi) is 7.47. The second kappa shape index (κ2) is 10.0. The molecule has 2 aliphatic rings. The maximum Gasteiger partial charge on any atom is 0.317 e. The predicted octanol–water partition coefficient (Wildman–Crippen LogP) is 2.98. The molecule has 0 unspecified atom stereocenters. The number of aliphatic hydroxyl groups excluding tert-OH is 1. The molecule has 1 atom stereocenters. The number of rotatable bonds is 7. The summed E-state index contributed by atoms with van der Waals surface area (Å²) in [5.74, 6) is 0.200. The van der Waals surface area contributed by atoms with Crippen molar-refractivity contribution in [2.45, 2.75) is 51.1 Å². The van der Waals surface area contributed by atoms with Gasteiger partial charge in [0.25, 0.3) is 0 Å². The fourth-order valence-electron chi connectivity index (χ4n) is 4.39. The number of carbonyl (C=O) groups excluding carboxylic acids is 1. The molecule has 3 rings (SSSR count). The largest absolute Gasteiger partial charge is 0.395 e. The first-order valence-electron chi connectivity index (χ1n) is 10.3. The molecule has 1 aliphatic carbocycles. The van der Waals surface area contributed by atoms with Crippen molar-refractivity contribution >= 4 is 6.03 Å². The number of nitrogens with one attached hydrogen (secondary N) is 1. The second-order valence-corrected chi connectivity index (χ2v) is 7.90. The minimum Gasteiger partial charge on any atom is -0.395 e. The van der Waals surface area contributed by atoms with E-state index < -0.39 is 0 Å². The van der Waals surface area contributed by atoms with Gasteiger partial charge in [-0.25, -0.2) is 9.18 Å². The Hall–Kier alpha value is -1.66. The molecule has 1 aromatic carbocycles. The van der Waals surface area contributed by atoms with Crippen molar-refractivity contribution in [1.82, 2.24) is 15.1 Å². The van der Waals surface area contributed by atoms with Gasteiger partial charge in [0.15, 0.2) is 0 Å². The van der Waals surface area contributed by atoms with E-state index in [1.165, 1.54) is 50.8 Å². The van der Waals surface area contributed by atoms with Crippen LogP contribution in [0.3, 0.4) is 0 Å². The Morgan fingerprint density at radius 2 is 1.93 bits per heavy atom. The molecule has 6 heteroatoms. The van der Waals surface area contributed by atoms with Crippen molar-refractivity contribution < 1.29 is 14.3 Å². The normalized spacial score (nSPS) is 21.3. The van der Waals surface area contributed by atoms with Crippen LogP contribution in [-0.4, -0.2) is 59.8 Å². The number of benzene rings is 1. The lowest BCUT2D eigenvalue weighted by Crippen LogP contribution is -2.47. The van der Waals surface area contributed by atoms with Gasteiger partial charge in [-0.2, -0.15) is 0 Å². The number of halogens is 1. The van der Waals surface area contributed by atoms with Gasteiger partial charge in [-0.05, 0) is 55.8 Å². The lowest BCUT2D eigenvalue weighted by Gasteiger charge is -2.37. The average molecular weight is 378 g/mol. The summed E-state index contributed by atoms with van der Waals surface area (Å²) >= 11 is 0. The third-order valence-electron chi connectivity index (χ3n) is 5.88. The lowest BCUT2D eigenvalue weighted by atomic mass is 9.96. The molecule has 1 heterocycles. The van der Waals surface area contributed by atoms with Crippen LogP contribution < -0.4 is 5.32 Å². The minimum atomic E-state index is -0.291. The Labute approximate surface area is 161 Å². The first kappa shape index (κ1) is 20.1. The number of nitrogens with zero attached hydrogens (tertiary/aromatic N) is 2. The first-order valence-corrected chi connectivity index (χ1v) is 10.3. The SMILES string of the molecule is O=C(NC[C@@H]1CCCN(C2CCCC2)C1)N(CCO)Cc1ccc(F)cc1. The highest BCUT2D eigenvalue weighted by atomic mass is 19.1. The molecule has 0 radical (unpaired) electrons. The van der Waals surface area contributed by atoms with Crippen molar-refractivity contribution in [2.24, 2.45) is 5.92 Å². The van der Waals surface area contributed by atoms with E-state index in [0.29, 0.717) is 19.0 Å². The molecule has 0 bridgehead atoms. The highest BCUT2D eigenvalue weighted by molar-refractivity contribution is 5.74. The zero-order valence-electron chi connectivity index (χ0n) is 16.1. The van der Waals surface area contributed by atoms with E-state index in [1.54, 1.807) is 17.0 Å². The Morgan fingerprint density at radius 1 is 1.19 bits per heavy atom. The molecule has 1 saturated carbocycles. The number of urea groups is 1. The Balaban J connectivity index is 1.48. The van der Waals surface area contributed by atoms with E-state index in [2.05, 4.69) is 10.2 Å². The van der Waals surface area contributed by atoms with Crippen molar-refractivity contribution in [3.63, 3.8) is 0 Å². The Bertz CT molecular complexity index is 590. The third-order valence-corrected chi connectivity index (χ3v) is 5.88. The molecule has 0 aromatic heterocycles. The molecule has 1 aliphatic heterocycles. The molecule has 2 amide bonds. The van der Waals surface area contributed by atoms with Crippen LogP contribution in [0.2, 0.25) is 0 Å². The van der Waals surface area contributed by atoms with E-state index >= 15 is 0 Å². The van der Waals surface area contributed by atoms with E-state index in [0.717, 1.165) is 24.6 Å². The fraction of sp³-hybridized carbons (Fsp3) is 0.667. The number of amides is 2. The fourth-order valence-corrected chi connectivity index (χ4v) is 4.39. The van der Waals surface area contributed by atoms with Crippen LogP contribution in [-0.2, 0) is 6.54 Å². The smallest absolute Gasteiger partial charge is 0.317 e. The number of hydrogen-bond acceptors (Lipinski definition) is 3. The molecule has 2 N–H and O–H groups in total. The van der Waals surface area contributed by atoms with Gasteiger partial charge >= 0.3 is 6.03 Å². The number of carbonyl (C=O) groups is 1. The molecule has 1 aromatic rings. The van der Waals surface area contributed by atoms with Gasteiger partial charge < -0.3 is 20.2 Å². The molecule has 0 spiro atoms. The zero-order chi connectivity index (χ0) is 19.1. The highest BCUT2D eigenvalue weighted by Gasteiger charge is 2.28. The lowest BCUT2D eigenvalue weighted by molar-refractivity contribution is 0.122. The van der Waals surface area contributed by atoms with Crippen LogP contribution in [0.15, 0.2) is 24.3 Å². The van der Waals surface area contributed by atoms with Gasteiger partial charge in [0.2, 0.25) is 0 Å². The van der Waals surface area contributed by atoms with Crippen LogP contribution in [0.5, 0.6) is 0 Å². The number of hydrogen-bond donors (Lipinski definition) is 2. The van der Waals surface area contributed by atoms with Gasteiger partial charge in [0.1, 0.15) is 5.82 Å². The number of likely N-dealkylation sites (tertiary alicyclic amines) is 1. The summed E-state index contributed by atoms with van der Waals surface area (Å²) < 4.78 is 13.1. The van der Waals surface area contributed by atoms with Gasteiger partial charge in [-0.15, -0.1) is 0 Å². The monoisotopic (exact) mass is 377 g/mol.